The predicted octanol–water partition coefficient (Wildman–Crippen LogP) is 4.86. The highest BCUT2D eigenvalue weighted by Crippen LogP contribution is 2.30. The van der Waals surface area contributed by atoms with Crippen molar-refractivity contribution >= 4 is 17.8 Å². The minimum absolute atomic E-state index is 0.0268. The van der Waals surface area contributed by atoms with Crippen molar-refractivity contribution in [2.24, 2.45) is 17.8 Å². The van der Waals surface area contributed by atoms with Gasteiger partial charge in [0.25, 0.3) is 5.91 Å². The van der Waals surface area contributed by atoms with Gasteiger partial charge in [0.05, 0.1) is 20.3 Å². The van der Waals surface area contributed by atoms with Gasteiger partial charge in [-0.05, 0) is 36.7 Å². The van der Waals surface area contributed by atoms with E-state index in [2.05, 4.69) is 36.3 Å². The molecular formula is C33H50N2O9. The number of ether oxygens (including phenoxy) is 6. The topological polar surface area (TPSA) is 132 Å². The fraction of sp³-hybridized carbons (Fsp3) is 0.576. The molecule has 4 atom stereocenters. The molecule has 1 amide bonds. The minimum Gasteiger partial charge on any atom is -0.493 e. The van der Waals surface area contributed by atoms with Gasteiger partial charge in [-0.15, -0.1) is 0 Å². The molecule has 1 aliphatic heterocycles. The number of aromatic nitrogens is 1. The lowest BCUT2D eigenvalue weighted by Gasteiger charge is -2.27. The second-order valence-electron chi connectivity index (χ2n) is 10.5. The highest BCUT2D eigenvalue weighted by molar-refractivity contribution is 5.98. The number of carbonyl (C=O) groups is 3. The Hall–Kier alpha value is -3.70. The van der Waals surface area contributed by atoms with Crippen molar-refractivity contribution in [2.45, 2.75) is 67.0 Å². The third-order valence-corrected chi connectivity index (χ3v) is 6.60. The van der Waals surface area contributed by atoms with E-state index in [0.717, 1.165) is 13.0 Å². The first-order valence-electron chi connectivity index (χ1n) is 15.0. The molecule has 11 heteroatoms. The third-order valence-electron chi connectivity index (χ3n) is 6.60. The van der Waals surface area contributed by atoms with Crippen molar-refractivity contribution in [1.29, 1.82) is 0 Å². The molecule has 2 heterocycles. The molecule has 1 N–H and O–H groups in total. The maximum Gasteiger partial charge on any atom is 0.331 e. The molecule has 1 aromatic carbocycles. The van der Waals surface area contributed by atoms with Crippen molar-refractivity contribution in [3.05, 3.63) is 53.9 Å². The van der Waals surface area contributed by atoms with E-state index in [1.165, 1.54) is 31.9 Å². The second-order valence-corrected chi connectivity index (χ2v) is 10.5. The van der Waals surface area contributed by atoms with Crippen LogP contribution >= 0.6 is 0 Å². The molecule has 3 rings (SSSR count). The molecule has 0 bridgehead atoms. The van der Waals surface area contributed by atoms with Crippen LogP contribution in [-0.4, -0.2) is 75.8 Å². The van der Waals surface area contributed by atoms with Crippen LogP contribution in [0.1, 0.15) is 64.5 Å². The zero-order valence-corrected chi connectivity index (χ0v) is 27.6. The Morgan fingerprint density at radius 1 is 1.07 bits per heavy atom. The van der Waals surface area contributed by atoms with E-state index in [0.29, 0.717) is 12.5 Å². The average molecular weight is 619 g/mol. The fourth-order valence-electron chi connectivity index (χ4n) is 4.20. The first kappa shape index (κ1) is 38.3. The molecule has 0 spiro atoms. The SMILES string of the molecule is CC.COCC(C)C.COc1ccnc(C(=O)N[C@H]2COCC(Cc3ccccc3)C(C)C(C)OC2=O)c1OCOC(C)=O. The Labute approximate surface area is 261 Å². The van der Waals surface area contributed by atoms with Crippen LogP contribution in [0.2, 0.25) is 0 Å². The van der Waals surface area contributed by atoms with Crippen molar-refractivity contribution in [3.8, 4) is 11.5 Å². The number of methoxy groups -OCH3 is 2. The molecule has 1 aliphatic rings. The van der Waals surface area contributed by atoms with Crippen LogP contribution in [0.25, 0.3) is 0 Å². The van der Waals surface area contributed by atoms with Crippen LogP contribution in [0, 0.1) is 17.8 Å². The summed E-state index contributed by atoms with van der Waals surface area (Å²) in [5.74, 6) is -0.844. The maximum absolute atomic E-state index is 13.1. The molecule has 0 aliphatic carbocycles. The first-order chi connectivity index (χ1) is 21.1. The van der Waals surface area contributed by atoms with Crippen molar-refractivity contribution in [1.82, 2.24) is 10.3 Å². The van der Waals surface area contributed by atoms with Gasteiger partial charge in [0, 0.05) is 32.9 Å². The van der Waals surface area contributed by atoms with Gasteiger partial charge >= 0.3 is 11.9 Å². The van der Waals surface area contributed by atoms with Gasteiger partial charge in [-0.1, -0.05) is 65.0 Å². The van der Waals surface area contributed by atoms with E-state index < -0.39 is 30.7 Å². The van der Waals surface area contributed by atoms with Gasteiger partial charge < -0.3 is 33.7 Å². The number of hydrogen-bond acceptors (Lipinski definition) is 10. The number of nitrogens with one attached hydrogen (secondary N) is 1. The molecule has 246 valence electrons. The highest BCUT2D eigenvalue weighted by Gasteiger charge is 2.33. The molecule has 44 heavy (non-hydrogen) atoms. The number of amides is 1. The number of rotatable bonds is 10. The zero-order chi connectivity index (χ0) is 33.1. The van der Waals surface area contributed by atoms with Crippen LogP contribution in [0.5, 0.6) is 11.5 Å². The number of nitrogens with zero attached hydrogens (tertiary/aromatic N) is 1. The summed E-state index contributed by atoms with van der Waals surface area (Å²) in [6.45, 7) is 14.1. The molecule has 0 radical (unpaired) electrons. The number of esters is 2. The summed E-state index contributed by atoms with van der Waals surface area (Å²) in [5, 5.41) is 2.63. The Morgan fingerprint density at radius 3 is 2.32 bits per heavy atom. The van der Waals surface area contributed by atoms with E-state index >= 15 is 0 Å². The number of hydrogen-bond donors (Lipinski definition) is 1. The van der Waals surface area contributed by atoms with Crippen molar-refractivity contribution in [3.63, 3.8) is 0 Å². The summed E-state index contributed by atoms with van der Waals surface area (Å²) in [5.41, 5.74) is 1.03. The molecule has 1 fully saturated rings. The van der Waals surface area contributed by atoms with Crippen molar-refractivity contribution < 1.29 is 42.8 Å². The molecule has 1 aromatic heterocycles. The van der Waals surface area contributed by atoms with Crippen LogP contribution in [0.3, 0.4) is 0 Å². The zero-order valence-electron chi connectivity index (χ0n) is 27.6. The average Bonchev–Trinajstić information content (AvgIpc) is 3.04. The summed E-state index contributed by atoms with van der Waals surface area (Å²) < 4.78 is 31.9. The van der Waals surface area contributed by atoms with Gasteiger partial charge in [-0.25, -0.2) is 9.78 Å². The Morgan fingerprint density at radius 2 is 1.75 bits per heavy atom. The lowest BCUT2D eigenvalue weighted by atomic mass is 9.85. The third kappa shape index (κ3) is 13.3. The van der Waals surface area contributed by atoms with Crippen molar-refractivity contribution in [2.75, 3.05) is 40.8 Å². The van der Waals surface area contributed by atoms with Gasteiger partial charge in [0.1, 0.15) is 6.10 Å². The molecule has 0 saturated carbocycles. The molecule has 3 unspecified atom stereocenters. The van der Waals surface area contributed by atoms with E-state index in [-0.39, 0.29) is 41.7 Å². The van der Waals surface area contributed by atoms with Gasteiger partial charge in [0.2, 0.25) is 6.79 Å². The lowest BCUT2D eigenvalue weighted by molar-refractivity contribution is -0.153. The number of carbonyl (C=O) groups excluding carboxylic acids is 3. The Kier molecular flexibility index (Phi) is 18.4. The summed E-state index contributed by atoms with van der Waals surface area (Å²) in [7, 11) is 3.12. The van der Waals surface area contributed by atoms with E-state index in [1.807, 2.05) is 45.9 Å². The standard InChI is InChI=1S/C26H32N2O8.C5H12O.C2H6/c1-16-17(2)36-26(31)21(14-33-13-20(16)12-19-8-6-5-7-9-19)28-25(30)23-24(35-15-34-18(3)29)22(32-4)10-11-27-23;1-5(2)4-6-3;1-2/h5-11,16-17,20-21H,12-15H2,1-4H3,(H,28,30);5H,4H2,1-3H3;1-2H3/t16?,17?,20?,21-;;/m0../s1. The smallest absolute Gasteiger partial charge is 0.331 e. The van der Waals surface area contributed by atoms with E-state index in [1.54, 1.807) is 7.11 Å². The fourth-order valence-corrected chi connectivity index (χ4v) is 4.20. The van der Waals surface area contributed by atoms with Crippen LogP contribution in [0.15, 0.2) is 42.6 Å². The molecule has 11 nitrogen and oxygen atoms in total. The minimum atomic E-state index is -1.06. The monoisotopic (exact) mass is 618 g/mol. The van der Waals surface area contributed by atoms with E-state index in [4.69, 9.17) is 28.4 Å². The summed E-state index contributed by atoms with van der Waals surface area (Å²) in [6.07, 6.45) is 1.75. The quantitative estimate of drug-likeness (QED) is 0.291. The Bertz CT molecular complexity index is 1130. The number of cyclic esters (lactones) is 1. The summed E-state index contributed by atoms with van der Waals surface area (Å²) in [4.78, 5) is 41.2. The van der Waals surface area contributed by atoms with Crippen LogP contribution < -0.4 is 14.8 Å². The summed E-state index contributed by atoms with van der Waals surface area (Å²) in [6, 6.07) is 10.5. The Balaban J connectivity index is 0.00000108. The van der Waals surface area contributed by atoms with Gasteiger partial charge in [0.15, 0.2) is 23.2 Å². The van der Waals surface area contributed by atoms with E-state index in [9.17, 15) is 14.4 Å². The van der Waals surface area contributed by atoms with Gasteiger partial charge in [-0.3, -0.25) is 9.59 Å². The summed E-state index contributed by atoms with van der Waals surface area (Å²) >= 11 is 0. The predicted molar refractivity (Wildman–Crippen MR) is 167 cm³/mol. The second kappa shape index (κ2) is 21.1. The highest BCUT2D eigenvalue weighted by atomic mass is 16.7. The molecule has 2 aromatic rings. The lowest BCUT2D eigenvalue weighted by Crippen LogP contribution is -2.46. The molecular weight excluding hydrogens is 568 g/mol. The number of benzene rings is 1. The number of pyridine rings is 1. The van der Waals surface area contributed by atoms with Gasteiger partial charge in [-0.2, -0.15) is 0 Å². The molecule has 1 saturated heterocycles. The van der Waals surface area contributed by atoms with Crippen LogP contribution in [0.4, 0.5) is 0 Å². The van der Waals surface area contributed by atoms with Crippen LogP contribution in [-0.2, 0) is 35.0 Å². The normalized spacial score (nSPS) is 19.7. The largest absolute Gasteiger partial charge is 0.493 e. The first-order valence-corrected chi connectivity index (χ1v) is 15.0. The maximum atomic E-state index is 13.1.